The van der Waals surface area contributed by atoms with Gasteiger partial charge < -0.3 is 47.4 Å². The van der Waals surface area contributed by atoms with E-state index in [4.69, 9.17) is 0 Å². The SMILES string of the molecule is CN[C@@H](C)C(=O)NC(C(=O)N1C[C@@H](NC(=O)c2ccc(C[C@H](NC(=O)[C@@H](NC(=O)[C@H](C)NC)C(C)(C)C)C(=O)N[C@@H]3CCCc4ccccc43)cc2)C[C@H]1C(=O)N[C@@H]1CCCc2ccccc21)C(C)(C)C. The lowest BCUT2D eigenvalue weighted by atomic mass is 9.85. The first-order valence-corrected chi connectivity index (χ1v) is 25.3. The second kappa shape index (κ2) is 23.4. The van der Waals surface area contributed by atoms with Crippen molar-refractivity contribution < 1.29 is 33.6 Å². The summed E-state index contributed by atoms with van der Waals surface area (Å²) in [7, 11) is 3.32. The van der Waals surface area contributed by atoms with Crippen molar-refractivity contribution in [3.8, 4) is 0 Å². The van der Waals surface area contributed by atoms with Gasteiger partial charge in [0.25, 0.3) is 5.91 Å². The molecule has 0 radical (unpaired) electrons. The van der Waals surface area contributed by atoms with Crippen LogP contribution in [-0.2, 0) is 48.0 Å². The number of carbonyl (C=O) groups is 7. The number of aryl methyl sites for hydroxylation is 2. The van der Waals surface area contributed by atoms with Gasteiger partial charge in [-0.15, -0.1) is 0 Å². The Morgan fingerprint density at radius 3 is 1.63 bits per heavy atom. The summed E-state index contributed by atoms with van der Waals surface area (Å²) < 4.78 is 0. The Hall–Kier alpha value is -6.13. The van der Waals surface area contributed by atoms with Crippen molar-refractivity contribution in [3.63, 3.8) is 0 Å². The van der Waals surface area contributed by atoms with Gasteiger partial charge in [-0.05, 0) is 124 Å². The van der Waals surface area contributed by atoms with Gasteiger partial charge in [0.2, 0.25) is 35.4 Å². The zero-order valence-corrected chi connectivity index (χ0v) is 43.3. The number of fused-ring (bicyclic) bond motifs is 2. The van der Waals surface area contributed by atoms with Crippen LogP contribution in [0.4, 0.5) is 0 Å². The molecule has 1 fully saturated rings. The quantitative estimate of drug-likeness (QED) is 0.0977. The molecule has 1 heterocycles. The van der Waals surface area contributed by atoms with E-state index in [0.29, 0.717) is 11.1 Å². The lowest BCUT2D eigenvalue weighted by molar-refractivity contribution is -0.144. The van der Waals surface area contributed by atoms with E-state index < -0.39 is 70.8 Å². The average molecular weight is 976 g/mol. The van der Waals surface area contributed by atoms with Gasteiger partial charge in [0.05, 0.1) is 24.2 Å². The van der Waals surface area contributed by atoms with Crippen LogP contribution in [0.5, 0.6) is 0 Å². The number of nitrogens with one attached hydrogen (secondary N) is 8. The maximum atomic E-state index is 14.6. The molecule has 8 N–H and O–H groups in total. The number of benzene rings is 3. The summed E-state index contributed by atoms with van der Waals surface area (Å²) in [6.07, 6.45) is 5.37. The van der Waals surface area contributed by atoms with E-state index in [0.717, 1.165) is 49.7 Å². The fourth-order valence-corrected chi connectivity index (χ4v) is 9.83. The average Bonchev–Trinajstić information content (AvgIpc) is 3.77. The molecule has 6 rings (SSSR count). The Morgan fingerprint density at radius 2 is 1.11 bits per heavy atom. The standard InChI is InChI=1S/C55H77N9O7/c1-32(56-9)47(65)62-45(54(3,4)5)52(70)61-43(50(68)59-41-23-15-19-35-17-11-13-21-39(35)41)29-34-25-27-37(28-26-34)49(67)58-38-30-44(51(69)60-42-24-16-20-36-18-12-14-22-40(36)42)64(31-38)53(71)46(55(6,7)8)63-48(66)33(2)57-10/h11-14,17-18,21-22,25-28,32-33,38,41-46,56-57H,15-16,19-20,23-24,29-31H2,1-10H3,(H,58,67)(H,59,68)(H,60,69)(H,61,70)(H,62,65)(H,63,66)/t32-,33-,38-,41+,42+,43-,44-,45+,46?/m0/s1. The number of amides is 7. The van der Waals surface area contributed by atoms with E-state index in [9.17, 15) is 33.6 Å². The van der Waals surface area contributed by atoms with Gasteiger partial charge in [-0.25, -0.2) is 0 Å². The van der Waals surface area contributed by atoms with Crippen molar-refractivity contribution in [3.05, 3.63) is 106 Å². The Kier molecular flexibility index (Phi) is 17.9. The molecule has 0 aromatic heterocycles. The van der Waals surface area contributed by atoms with Crippen LogP contribution in [0.2, 0.25) is 0 Å². The summed E-state index contributed by atoms with van der Waals surface area (Å²) in [5, 5.41) is 24.1. The van der Waals surface area contributed by atoms with Crippen molar-refractivity contribution in [2.24, 2.45) is 10.8 Å². The largest absolute Gasteiger partial charge is 0.347 e. The highest BCUT2D eigenvalue weighted by atomic mass is 16.2. The molecule has 3 aromatic rings. The van der Waals surface area contributed by atoms with Gasteiger partial charge >= 0.3 is 0 Å². The highest BCUT2D eigenvalue weighted by Crippen LogP contribution is 2.33. The number of likely N-dealkylation sites (N-methyl/N-ethyl adjacent to an activating group) is 2. The molecular formula is C55H77N9O7. The predicted octanol–water partition coefficient (Wildman–Crippen LogP) is 4.08. The maximum Gasteiger partial charge on any atom is 0.251 e. The molecular weight excluding hydrogens is 899 g/mol. The van der Waals surface area contributed by atoms with Crippen LogP contribution in [-0.4, -0.2) is 109 Å². The van der Waals surface area contributed by atoms with Crippen molar-refractivity contribution >= 4 is 41.4 Å². The Labute approximate surface area is 419 Å². The van der Waals surface area contributed by atoms with Crippen molar-refractivity contribution in [2.45, 2.75) is 161 Å². The molecule has 384 valence electrons. The zero-order valence-electron chi connectivity index (χ0n) is 43.3. The van der Waals surface area contributed by atoms with Crippen molar-refractivity contribution in [1.29, 1.82) is 0 Å². The molecule has 1 unspecified atom stereocenters. The second-order valence-electron chi connectivity index (χ2n) is 21.8. The fourth-order valence-electron chi connectivity index (χ4n) is 9.83. The smallest absolute Gasteiger partial charge is 0.251 e. The van der Waals surface area contributed by atoms with E-state index in [1.807, 2.05) is 77.9 Å². The van der Waals surface area contributed by atoms with Crippen LogP contribution >= 0.6 is 0 Å². The van der Waals surface area contributed by atoms with E-state index in [1.54, 1.807) is 52.2 Å². The van der Waals surface area contributed by atoms with Gasteiger partial charge in [-0.2, -0.15) is 0 Å². The minimum atomic E-state index is -1.03. The van der Waals surface area contributed by atoms with Crippen molar-refractivity contribution in [2.75, 3.05) is 20.6 Å². The summed E-state index contributed by atoms with van der Waals surface area (Å²) in [6, 6.07) is 16.8. The molecule has 16 heteroatoms. The molecule has 71 heavy (non-hydrogen) atoms. The van der Waals surface area contributed by atoms with Crippen LogP contribution in [0.3, 0.4) is 0 Å². The summed E-state index contributed by atoms with van der Waals surface area (Å²) in [6.45, 7) is 14.6. The second-order valence-corrected chi connectivity index (χ2v) is 21.8. The van der Waals surface area contributed by atoms with Gasteiger partial charge in [0, 0.05) is 24.6 Å². The minimum Gasteiger partial charge on any atom is -0.347 e. The van der Waals surface area contributed by atoms with E-state index in [2.05, 4.69) is 54.7 Å². The Morgan fingerprint density at radius 1 is 0.606 bits per heavy atom. The number of hydrogen-bond acceptors (Lipinski definition) is 9. The molecule has 0 bridgehead atoms. The van der Waals surface area contributed by atoms with Crippen LogP contribution < -0.4 is 42.5 Å². The molecule has 0 saturated carbocycles. The number of likely N-dealkylation sites (tertiary alicyclic amines) is 1. The third-order valence-corrected chi connectivity index (χ3v) is 14.3. The molecule has 3 aliphatic rings. The van der Waals surface area contributed by atoms with Gasteiger partial charge in [-0.3, -0.25) is 33.6 Å². The summed E-state index contributed by atoms with van der Waals surface area (Å²) in [5.74, 6) is -2.74. The lowest BCUT2D eigenvalue weighted by Gasteiger charge is -2.36. The first kappa shape index (κ1) is 54.2. The number of rotatable bonds is 17. The number of hydrogen-bond donors (Lipinski definition) is 8. The molecule has 0 spiro atoms. The molecule has 16 nitrogen and oxygen atoms in total. The highest BCUT2D eigenvalue weighted by molar-refractivity contribution is 5.97. The minimum absolute atomic E-state index is 0.0396. The van der Waals surface area contributed by atoms with Crippen LogP contribution in [0.25, 0.3) is 0 Å². The molecule has 2 aliphatic carbocycles. The molecule has 1 aliphatic heterocycles. The number of carbonyl (C=O) groups excluding carboxylic acids is 7. The third kappa shape index (κ3) is 13.6. The summed E-state index contributed by atoms with van der Waals surface area (Å²) >= 11 is 0. The Bertz CT molecular complexity index is 2410. The first-order chi connectivity index (χ1) is 33.6. The summed E-state index contributed by atoms with van der Waals surface area (Å²) in [5.41, 5.74) is 4.03. The first-order valence-electron chi connectivity index (χ1n) is 25.3. The van der Waals surface area contributed by atoms with E-state index >= 15 is 0 Å². The molecule has 1 saturated heterocycles. The van der Waals surface area contributed by atoms with E-state index in [1.165, 1.54) is 16.0 Å². The van der Waals surface area contributed by atoms with E-state index in [-0.39, 0.29) is 55.1 Å². The maximum absolute atomic E-state index is 14.6. The van der Waals surface area contributed by atoms with Gasteiger partial charge in [0.1, 0.15) is 24.2 Å². The highest BCUT2D eigenvalue weighted by Gasteiger charge is 2.46. The van der Waals surface area contributed by atoms with Crippen LogP contribution in [0.15, 0.2) is 72.8 Å². The van der Waals surface area contributed by atoms with Crippen LogP contribution in [0.1, 0.15) is 138 Å². The molecule has 7 amide bonds. The predicted molar refractivity (Wildman–Crippen MR) is 274 cm³/mol. The lowest BCUT2D eigenvalue weighted by Crippen LogP contribution is -2.60. The summed E-state index contributed by atoms with van der Waals surface area (Å²) in [4.78, 5) is 99.3. The van der Waals surface area contributed by atoms with Crippen molar-refractivity contribution in [1.82, 2.24) is 47.4 Å². The third-order valence-electron chi connectivity index (χ3n) is 14.3. The van der Waals surface area contributed by atoms with Crippen LogP contribution in [0, 0.1) is 10.8 Å². The Balaban J connectivity index is 1.21. The monoisotopic (exact) mass is 976 g/mol. The topological polar surface area (TPSA) is 219 Å². The molecule has 3 aromatic carbocycles. The van der Waals surface area contributed by atoms with Gasteiger partial charge in [-0.1, -0.05) is 102 Å². The van der Waals surface area contributed by atoms with Gasteiger partial charge in [0.15, 0.2) is 0 Å². The zero-order chi connectivity index (χ0) is 51.8. The number of nitrogens with zero attached hydrogens (tertiary/aromatic N) is 1. The fraction of sp³-hybridized carbons (Fsp3) is 0.545. The molecule has 9 atom stereocenters. The normalized spacial score (nSPS) is 20.9.